The standard InChI is InChI=1S/C15H9F3N4O2S/c16-15(17,18)13-10(12(23)9-2-1-5-25-9)11(8-3-4-24-6-8)22-14(21-13)19-7-20-22/h1-7,11H,(H,19,20,21)/t11-/m0/s1. The van der Waals surface area contributed by atoms with Gasteiger partial charge in [0.25, 0.3) is 0 Å². The van der Waals surface area contributed by atoms with Crippen molar-refractivity contribution in [1.82, 2.24) is 14.8 Å². The van der Waals surface area contributed by atoms with Gasteiger partial charge in [0.15, 0.2) is 0 Å². The van der Waals surface area contributed by atoms with Crippen molar-refractivity contribution in [3.63, 3.8) is 0 Å². The van der Waals surface area contributed by atoms with Crippen molar-refractivity contribution in [2.75, 3.05) is 5.32 Å². The van der Waals surface area contributed by atoms with Gasteiger partial charge >= 0.3 is 6.18 Å². The van der Waals surface area contributed by atoms with E-state index in [4.69, 9.17) is 4.42 Å². The lowest BCUT2D eigenvalue weighted by Crippen LogP contribution is -2.34. The first kappa shape index (κ1) is 15.6. The molecule has 0 saturated carbocycles. The summed E-state index contributed by atoms with van der Waals surface area (Å²) in [6.45, 7) is 0. The number of ketones is 1. The smallest absolute Gasteiger partial charge is 0.431 e. The second-order valence-corrected chi connectivity index (χ2v) is 6.15. The summed E-state index contributed by atoms with van der Waals surface area (Å²) in [6, 6.07) is 3.49. The molecule has 10 heteroatoms. The van der Waals surface area contributed by atoms with Crippen LogP contribution in [0.1, 0.15) is 21.3 Å². The minimum absolute atomic E-state index is 0.0961. The average Bonchev–Trinajstić information content (AvgIpc) is 3.33. The summed E-state index contributed by atoms with van der Waals surface area (Å²) in [6.07, 6.45) is -1.02. The molecule has 0 aliphatic carbocycles. The molecule has 1 atom stereocenters. The van der Waals surface area contributed by atoms with E-state index in [2.05, 4.69) is 15.4 Å². The third-order valence-corrected chi connectivity index (χ3v) is 4.60. The summed E-state index contributed by atoms with van der Waals surface area (Å²) in [5.74, 6) is -0.816. The third kappa shape index (κ3) is 2.54. The number of allylic oxidation sites excluding steroid dienone is 2. The van der Waals surface area contributed by atoms with Gasteiger partial charge in [-0.15, -0.1) is 11.3 Å². The van der Waals surface area contributed by atoms with Crippen LogP contribution in [0, 0.1) is 0 Å². The summed E-state index contributed by atoms with van der Waals surface area (Å²) < 4.78 is 47.2. The predicted molar refractivity (Wildman–Crippen MR) is 82.2 cm³/mol. The first-order chi connectivity index (χ1) is 12.0. The molecule has 4 heterocycles. The highest BCUT2D eigenvalue weighted by Crippen LogP contribution is 2.42. The van der Waals surface area contributed by atoms with Crippen LogP contribution in [0.25, 0.3) is 0 Å². The number of Topliss-reactive ketones (excluding diaryl/α,β-unsaturated/α-hetero) is 1. The van der Waals surface area contributed by atoms with Gasteiger partial charge in [-0.1, -0.05) is 6.07 Å². The number of carbonyl (C=O) groups is 1. The fourth-order valence-electron chi connectivity index (χ4n) is 2.71. The van der Waals surface area contributed by atoms with Gasteiger partial charge in [0.05, 0.1) is 23.0 Å². The van der Waals surface area contributed by atoms with Gasteiger partial charge in [0, 0.05) is 5.56 Å². The Morgan fingerprint density at radius 1 is 1.36 bits per heavy atom. The van der Waals surface area contributed by atoms with Crippen molar-refractivity contribution >= 4 is 23.1 Å². The summed E-state index contributed by atoms with van der Waals surface area (Å²) in [5, 5.41) is 7.80. The lowest BCUT2D eigenvalue weighted by atomic mass is 9.93. The predicted octanol–water partition coefficient (Wildman–Crippen LogP) is 3.65. The highest BCUT2D eigenvalue weighted by atomic mass is 32.1. The number of fused-ring (bicyclic) bond motifs is 1. The molecule has 1 aliphatic heterocycles. The van der Waals surface area contributed by atoms with Crippen LogP contribution in [0.5, 0.6) is 0 Å². The molecular formula is C15H9F3N4O2S. The van der Waals surface area contributed by atoms with Crippen LogP contribution in [0.2, 0.25) is 0 Å². The van der Waals surface area contributed by atoms with E-state index in [1.54, 1.807) is 11.4 Å². The Morgan fingerprint density at radius 3 is 2.84 bits per heavy atom. The second kappa shape index (κ2) is 5.59. The maximum atomic E-state index is 13.7. The lowest BCUT2D eigenvalue weighted by molar-refractivity contribution is -0.0918. The summed E-state index contributed by atoms with van der Waals surface area (Å²) in [5.41, 5.74) is -1.22. The van der Waals surface area contributed by atoms with Crippen LogP contribution < -0.4 is 5.32 Å². The van der Waals surface area contributed by atoms with Crippen molar-refractivity contribution in [2.24, 2.45) is 0 Å². The molecule has 25 heavy (non-hydrogen) atoms. The molecular weight excluding hydrogens is 357 g/mol. The van der Waals surface area contributed by atoms with Crippen LogP contribution in [0.3, 0.4) is 0 Å². The number of aromatic nitrogens is 3. The van der Waals surface area contributed by atoms with E-state index < -0.39 is 29.3 Å². The Balaban J connectivity index is 1.97. The van der Waals surface area contributed by atoms with Crippen molar-refractivity contribution in [3.05, 3.63) is 64.1 Å². The molecule has 0 radical (unpaired) electrons. The molecule has 1 N–H and O–H groups in total. The number of nitrogens with zero attached hydrogens (tertiary/aromatic N) is 3. The van der Waals surface area contributed by atoms with E-state index in [-0.39, 0.29) is 10.8 Å². The fraction of sp³-hybridized carbons (Fsp3) is 0.133. The number of anilines is 1. The SMILES string of the molecule is O=C(C1=C(C(F)(F)F)Nc2ncnn2[C@H]1c1ccoc1)c1cccs1. The Bertz CT molecular complexity index is 942. The maximum Gasteiger partial charge on any atom is 0.431 e. The molecule has 4 rings (SSSR count). The molecule has 0 fully saturated rings. The van der Waals surface area contributed by atoms with E-state index in [1.165, 1.54) is 29.3 Å². The number of halogens is 3. The Labute approximate surface area is 142 Å². The van der Waals surface area contributed by atoms with Gasteiger partial charge in [0.2, 0.25) is 11.7 Å². The number of thiophene rings is 1. The molecule has 3 aromatic heterocycles. The lowest BCUT2D eigenvalue weighted by Gasteiger charge is -2.29. The molecule has 0 unspecified atom stereocenters. The first-order valence-corrected chi connectivity index (χ1v) is 7.93. The number of hydrogen-bond donors (Lipinski definition) is 1. The van der Waals surface area contributed by atoms with Crippen LogP contribution >= 0.6 is 11.3 Å². The first-order valence-electron chi connectivity index (χ1n) is 7.05. The molecule has 0 spiro atoms. The monoisotopic (exact) mass is 366 g/mol. The zero-order valence-electron chi connectivity index (χ0n) is 12.3. The summed E-state index contributed by atoms with van der Waals surface area (Å²) in [7, 11) is 0. The third-order valence-electron chi connectivity index (χ3n) is 3.73. The van der Waals surface area contributed by atoms with Crippen LogP contribution in [-0.4, -0.2) is 26.7 Å². The average molecular weight is 366 g/mol. The van der Waals surface area contributed by atoms with Gasteiger partial charge in [-0.3, -0.25) is 4.79 Å². The molecule has 6 nitrogen and oxygen atoms in total. The van der Waals surface area contributed by atoms with Gasteiger partial charge in [-0.25, -0.2) is 4.68 Å². The molecule has 0 amide bonds. The topological polar surface area (TPSA) is 73.0 Å². The number of alkyl halides is 3. The van der Waals surface area contributed by atoms with E-state index >= 15 is 0 Å². The molecule has 0 aromatic carbocycles. The minimum atomic E-state index is -4.76. The fourth-order valence-corrected chi connectivity index (χ4v) is 3.38. The zero-order valence-corrected chi connectivity index (χ0v) is 13.1. The van der Waals surface area contributed by atoms with Crippen LogP contribution in [0.15, 0.2) is 58.1 Å². The molecule has 1 aliphatic rings. The van der Waals surface area contributed by atoms with E-state index in [0.717, 1.165) is 17.7 Å². The Morgan fingerprint density at radius 2 is 2.20 bits per heavy atom. The Hall–Kier alpha value is -2.88. The van der Waals surface area contributed by atoms with Gasteiger partial charge in [-0.2, -0.15) is 23.3 Å². The highest BCUT2D eigenvalue weighted by Gasteiger charge is 2.46. The number of carbonyl (C=O) groups excluding carboxylic acids is 1. The maximum absolute atomic E-state index is 13.7. The van der Waals surface area contributed by atoms with Gasteiger partial charge < -0.3 is 9.73 Å². The van der Waals surface area contributed by atoms with Crippen LogP contribution in [0.4, 0.5) is 19.1 Å². The van der Waals surface area contributed by atoms with Crippen molar-refractivity contribution in [1.29, 1.82) is 0 Å². The van der Waals surface area contributed by atoms with Crippen LogP contribution in [-0.2, 0) is 0 Å². The summed E-state index contributed by atoms with van der Waals surface area (Å²) in [4.78, 5) is 16.9. The largest absolute Gasteiger partial charge is 0.472 e. The Kier molecular flexibility index (Phi) is 3.49. The number of furan rings is 1. The molecule has 128 valence electrons. The molecule has 0 saturated heterocycles. The normalized spacial score (nSPS) is 17.3. The van der Waals surface area contributed by atoms with Gasteiger partial charge in [-0.05, 0) is 17.5 Å². The second-order valence-electron chi connectivity index (χ2n) is 5.21. The van der Waals surface area contributed by atoms with Crippen molar-refractivity contribution in [2.45, 2.75) is 12.2 Å². The van der Waals surface area contributed by atoms with E-state index in [9.17, 15) is 18.0 Å². The molecule has 0 bridgehead atoms. The molecule has 3 aromatic rings. The van der Waals surface area contributed by atoms with E-state index in [0.29, 0.717) is 5.56 Å². The van der Waals surface area contributed by atoms with Crippen molar-refractivity contribution < 1.29 is 22.4 Å². The zero-order chi connectivity index (χ0) is 17.6. The quantitative estimate of drug-likeness (QED) is 0.717. The number of hydrogen-bond acceptors (Lipinski definition) is 6. The number of nitrogens with one attached hydrogen (secondary N) is 1. The highest BCUT2D eigenvalue weighted by molar-refractivity contribution is 7.12. The minimum Gasteiger partial charge on any atom is -0.472 e. The van der Waals surface area contributed by atoms with Gasteiger partial charge in [0.1, 0.15) is 18.1 Å². The van der Waals surface area contributed by atoms with E-state index in [1.807, 2.05) is 0 Å². The number of rotatable bonds is 3. The van der Waals surface area contributed by atoms with Crippen molar-refractivity contribution in [3.8, 4) is 0 Å². The summed E-state index contributed by atoms with van der Waals surface area (Å²) >= 11 is 1.07.